The molecular weight excluding hydrogens is 400 g/mol. The van der Waals surface area contributed by atoms with Gasteiger partial charge in [-0.05, 0) is 37.1 Å². The number of benzene rings is 2. The molecule has 160 valence electrons. The van der Waals surface area contributed by atoms with Crippen molar-refractivity contribution in [2.45, 2.75) is 13.8 Å². The van der Waals surface area contributed by atoms with Crippen LogP contribution in [0.2, 0.25) is 5.02 Å². The Kier molecular flexibility index (Phi) is 7.34. The fourth-order valence-electron chi connectivity index (χ4n) is 3.66. The maximum Gasteiger partial charge on any atom is 0.243 e. The highest BCUT2D eigenvalue weighted by Crippen LogP contribution is 2.26. The number of hydrogen-bond acceptors (Lipinski definition) is 4. The van der Waals surface area contributed by atoms with Gasteiger partial charge in [-0.15, -0.1) is 0 Å². The number of para-hydroxylation sites is 2. The number of rotatable bonds is 6. The van der Waals surface area contributed by atoms with Crippen molar-refractivity contribution in [3.63, 3.8) is 0 Å². The average molecular weight is 429 g/mol. The number of amides is 2. The van der Waals surface area contributed by atoms with Gasteiger partial charge in [-0.2, -0.15) is 0 Å². The molecule has 0 spiro atoms. The average Bonchev–Trinajstić information content (AvgIpc) is 2.72. The predicted molar refractivity (Wildman–Crippen MR) is 122 cm³/mol. The van der Waals surface area contributed by atoms with E-state index in [9.17, 15) is 9.59 Å². The predicted octanol–water partition coefficient (Wildman–Crippen LogP) is 3.18. The van der Waals surface area contributed by atoms with Gasteiger partial charge < -0.3 is 15.1 Å². The molecule has 0 atom stereocenters. The van der Waals surface area contributed by atoms with E-state index in [2.05, 4.69) is 15.1 Å². The Hall–Kier alpha value is -2.57. The second-order valence-corrected chi connectivity index (χ2v) is 8.19. The highest BCUT2D eigenvalue weighted by molar-refractivity contribution is 6.33. The maximum atomic E-state index is 12.6. The lowest BCUT2D eigenvalue weighted by Crippen LogP contribution is -2.50. The third-order valence-corrected chi connectivity index (χ3v) is 5.80. The summed E-state index contributed by atoms with van der Waals surface area (Å²) >= 11 is 6.29. The molecule has 3 rings (SSSR count). The van der Waals surface area contributed by atoms with Crippen molar-refractivity contribution >= 4 is 34.8 Å². The fraction of sp³-hybridized carbons (Fsp3) is 0.391. The van der Waals surface area contributed by atoms with Gasteiger partial charge in [0.1, 0.15) is 0 Å². The number of piperazine rings is 1. The second-order valence-electron chi connectivity index (χ2n) is 7.78. The zero-order valence-electron chi connectivity index (χ0n) is 17.8. The molecule has 2 amide bonds. The molecule has 2 aromatic carbocycles. The lowest BCUT2D eigenvalue weighted by Gasteiger charge is -2.36. The Bertz CT molecular complexity index is 890. The number of carbonyl (C=O) groups is 2. The van der Waals surface area contributed by atoms with Crippen molar-refractivity contribution in [3.8, 4) is 0 Å². The number of nitrogens with one attached hydrogen (secondary N) is 1. The van der Waals surface area contributed by atoms with Crippen LogP contribution in [0.15, 0.2) is 42.5 Å². The standard InChI is InChI=1S/C23H29ClN4O2/c1-17-7-6-8-18(2)23(17)25-21(29)15-26(3)22(30)16-27-11-13-28(14-12-27)20-10-5-4-9-19(20)24/h4-10H,11-16H2,1-3H3,(H,25,29). The Labute approximate surface area is 183 Å². The van der Waals surface area contributed by atoms with Gasteiger partial charge in [0.25, 0.3) is 0 Å². The van der Waals surface area contributed by atoms with E-state index in [-0.39, 0.29) is 18.4 Å². The second kappa shape index (κ2) is 9.96. The normalized spacial score (nSPS) is 14.5. The molecule has 30 heavy (non-hydrogen) atoms. The molecule has 1 aliphatic rings. The van der Waals surface area contributed by atoms with Crippen molar-refractivity contribution in [1.29, 1.82) is 0 Å². The first-order chi connectivity index (χ1) is 14.3. The number of likely N-dealkylation sites (N-methyl/N-ethyl adjacent to an activating group) is 1. The monoisotopic (exact) mass is 428 g/mol. The van der Waals surface area contributed by atoms with E-state index in [1.807, 2.05) is 56.3 Å². The third kappa shape index (κ3) is 5.52. The van der Waals surface area contributed by atoms with Crippen molar-refractivity contribution in [1.82, 2.24) is 9.80 Å². The summed E-state index contributed by atoms with van der Waals surface area (Å²) in [4.78, 5) is 30.9. The van der Waals surface area contributed by atoms with E-state index in [1.54, 1.807) is 7.05 Å². The molecule has 7 heteroatoms. The van der Waals surface area contributed by atoms with Gasteiger partial charge in [0.05, 0.1) is 23.8 Å². The maximum absolute atomic E-state index is 12.6. The molecule has 1 aliphatic heterocycles. The van der Waals surface area contributed by atoms with Crippen LogP contribution in [-0.2, 0) is 9.59 Å². The zero-order valence-corrected chi connectivity index (χ0v) is 18.6. The molecule has 6 nitrogen and oxygen atoms in total. The number of hydrogen-bond donors (Lipinski definition) is 1. The Balaban J connectivity index is 1.47. The molecule has 0 aliphatic carbocycles. The van der Waals surface area contributed by atoms with E-state index < -0.39 is 0 Å². The largest absolute Gasteiger partial charge is 0.368 e. The Morgan fingerprint density at radius 1 is 1.00 bits per heavy atom. The number of nitrogens with zero attached hydrogens (tertiary/aromatic N) is 3. The molecule has 0 unspecified atom stereocenters. The number of halogens is 1. The van der Waals surface area contributed by atoms with Crippen molar-refractivity contribution in [3.05, 3.63) is 58.6 Å². The highest BCUT2D eigenvalue weighted by Gasteiger charge is 2.22. The van der Waals surface area contributed by atoms with Crippen LogP contribution in [0.3, 0.4) is 0 Å². The lowest BCUT2D eigenvalue weighted by molar-refractivity contribution is -0.134. The summed E-state index contributed by atoms with van der Waals surface area (Å²) in [5.41, 5.74) is 3.87. The molecule has 1 fully saturated rings. The van der Waals surface area contributed by atoms with Crippen LogP contribution < -0.4 is 10.2 Å². The van der Waals surface area contributed by atoms with Crippen LogP contribution in [0.4, 0.5) is 11.4 Å². The third-order valence-electron chi connectivity index (χ3n) is 5.48. The zero-order chi connectivity index (χ0) is 21.7. The van der Waals surface area contributed by atoms with E-state index in [1.165, 1.54) is 4.90 Å². The molecular formula is C23H29ClN4O2. The van der Waals surface area contributed by atoms with E-state index in [4.69, 9.17) is 11.6 Å². The first-order valence-corrected chi connectivity index (χ1v) is 10.5. The summed E-state index contributed by atoms with van der Waals surface area (Å²) in [6.07, 6.45) is 0. The van der Waals surface area contributed by atoms with Crippen molar-refractivity contribution in [2.75, 3.05) is 56.5 Å². The van der Waals surface area contributed by atoms with Crippen molar-refractivity contribution < 1.29 is 9.59 Å². The van der Waals surface area contributed by atoms with Crippen LogP contribution in [0, 0.1) is 13.8 Å². The summed E-state index contributed by atoms with van der Waals surface area (Å²) in [5.74, 6) is -0.246. The first-order valence-electron chi connectivity index (χ1n) is 10.2. The molecule has 0 bridgehead atoms. The molecule has 1 heterocycles. The van der Waals surface area contributed by atoms with Gasteiger partial charge >= 0.3 is 0 Å². The minimum Gasteiger partial charge on any atom is -0.368 e. The molecule has 0 saturated carbocycles. The molecule has 2 aromatic rings. The van der Waals surface area contributed by atoms with Crippen LogP contribution in [-0.4, -0.2) is 67.9 Å². The molecule has 0 radical (unpaired) electrons. The number of anilines is 2. The van der Waals surface area contributed by atoms with Gasteiger partial charge in [-0.3, -0.25) is 14.5 Å². The van der Waals surface area contributed by atoms with E-state index in [0.29, 0.717) is 6.54 Å². The quantitative estimate of drug-likeness (QED) is 0.767. The van der Waals surface area contributed by atoms with Gasteiger partial charge in [-0.1, -0.05) is 41.9 Å². The SMILES string of the molecule is Cc1cccc(C)c1NC(=O)CN(C)C(=O)CN1CCN(c2ccccc2Cl)CC1. The highest BCUT2D eigenvalue weighted by atomic mass is 35.5. The summed E-state index contributed by atoms with van der Waals surface area (Å²) in [6.45, 7) is 7.44. The summed E-state index contributed by atoms with van der Waals surface area (Å²) in [7, 11) is 1.67. The molecule has 1 N–H and O–H groups in total. The van der Waals surface area contributed by atoms with Gasteiger partial charge in [-0.25, -0.2) is 0 Å². The van der Waals surface area contributed by atoms with Gasteiger partial charge in [0.2, 0.25) is 11.8 Å². The smallest absolute Gasteiger partial charge is 0.243 e. The van der Waals surface area contributed by atoms with Gasteiger partial charge in [0.15, 0.2) is 0 Å². The number of aryl methyl sites for hydroxylation is 2. The Morgan fingerprint density at radius 2 is 1.63 bits per heavy atom. The van der Waals surface area contributed by atoms with Crippen LogP contribution in [0.25, 0.3) is 0 Å². The van der Waals surface area contributed by atoms with E-state index in [0.717, 1.165) is 53.7 Å². The lowest BCUT2D eigenvalue weighted by atomic mass is 10.1. The first kappa shape index (κ1) is 22.1. The Morgan fingerprint density at radius 3 is 2.27 bits per heavy atom. The fourth-order valence-corrected chi connectivity index (χ4v) is 3.92. The van der Waals surface area contributed by atoms with Crippen molar-refractivity contribution in [2.24, 2.45) is 0 Å². The van der Waals surface area contributed by atoms with E-state index >= 15 is 0 Å². The summed E-state index contributed by atoms with van der Waals surface area (Å²) < 4.78 is 0. The minimum absolute atomic E-state index is 0.0339. The van der Waals surface area contributed by atoms with Crippen LogP contribution >= 0.6 is 11.6 Å². The van der Waals surface area contributed by atoms with Gasteiger partial charge in [0, 0.05) is 38.9 Å². The molecule has 1 saturated heterocycles. The summed E-state index contributed by atoms with van der Waals surface area (Å²) in [5, 5.41) is 3.68. The number of carbonyl (C=O) groups excluding carboxylic acids is 2. The topological polar surface area (TPSA) is 55.9 Å². The minimum atomic E-state index is -0.188. The summed E-state index contributed by atoms with van der Waals surface area (Å²) in [6, 6.07) is 13.7. The van der Waals surface area contributed by atoms with Crippen LogP contribution in [0.5, 0.6) is 0 Å². The molecule has 0 aromatic heterocycles. The van der Waals surface area contributed by atoms with Crippen LogP contribution in [0.1, 0.15) is 11.1 Å².